The van der Waals surface area contributed by atoms with Gasteiger partial charge in [0.15, 0.2) is 0 Å². The standard InChI is InChI=1S/C12H16IN2O2/c1-5-9(2)14-13-15-10-6-7-11(16-3)12(8-10)17-4/h5-8,15H,1H2,2-4H3/q-1. The summed E-state index contributed by atoms with van der Waals surface area (Å²) in [6.45, 7) is 5.59. The van der Waals surface area contributed by atoms with Gasteiger partial charge in [0.1, 0.15) is 0 Å². The second-order valence-corrected chi connectivity index (χ2v) is 4.68. The van der Waals surface area contributed by atoms with Crippen molar-refractivity contribution in [2.45, 2.75) is 6.92 Å². The van der Waals surface area contributed by atoms with Gasteiger partial charge in [0, 0.05) is 0 Å². The van der Waals surface area contributed by atoms with Crippen LogP contribution in [0.4, 0.5) is 5.69 Å². The average Bonchev–Trinajstić information content (AvgIpc) is 2.38. The van der Waals surface area contributed by atoms with E-state index in [-0.39, 0.29) is 0 Å². The van der Waals surface area contributed by atoms with Crippen molar-refractivity contribution in [1.29, 1.82) is 0 Å². The van der Waals surface area contributed by atoms with Gasteiger partial charge in [-0.1, -0.05) is 0 Å². The molecule has 0 bridgehead atoms. The predicted octanol–water partition coefficient (Wildman–Crippen LogP) is -0.318. The molecule has 0 spiro atoms. The molecular formula is C12H16IN2O2-. The average molecular weight is 347 g/mol. The second kappa shape index (κ2) is 7.16. The van der Waals surface area contributed by atoms with Gasteiger partial charge in [0.25, 0.3) is 0 Å². The summed E-state index contributed by atoms with van der Waals surface area (Å²) in [6.07, 6.45) is 1.75. The van der Waals surface area contributed by atoms with Gasteiger partial charge in [-0.15, -0.1) is 0 Å². The molecule has 0 saturated heterocycles. The monoisotopic (exact) mass is 347 g/mol. The maximum atomic E-state index is 5.22. The first kappa shape index (κ1) is 13.8. The van der Waals surface area contributed by atoms with Crippen LogP contribution in [0.5, 0.6) is 11.5 Å². The molecule has 94 valence electrons. The molecule has 0 radical (unpaired) electrons. The van der Waals surface area contributed by atoms with Crippen molar-refractivity contribution in [1.82, 2.24) is 0 Å². The zero-order valence-corrected chi connectivity index (χ0v) is 12.3. The van der Waals surface area contributed by atoms with Crippen LogP contribution in [0.1, 0.15) is 6.92 Å². The number of nitrogens with one attached hydrogen (secondary N) is 1. The van der Waals surface area contributed by atoms with Crippen molar-refractivity contribution in [2.75, 3.05) is 17.7 Å². The molecule has 0 aromatic heterocycles. The summed E-state index contributed by atoms with van der Waals surface area (Å²) in [5.74, 6) is 1.44. The third-order valence-corrected chi connectivity index (χ3v) is 3.87. The number of benzene rings is 1. The normalized spacial score (nSPS) is 11.1. The van der Waals surface area contributed by atoms with Gasteiger partial charge in [-0.2, -0.15) is 0 Å². The molecule has 1 aromatic carbocycles. The molecule has 1 aromatic rings. The number of hydrogen-bond acceptors (Lipinski definition) is 4. The van der Waals surface area contributed by atoms with Crippen LogP contribution in [0.3, 0.4) is 0 Å². The Morgan fingerprint density at radius 1 is 1.35 bits per heavy atom. The third-order valence-electron chi connectivity index (χ3n) is 2.01. The van der Waals surface area contributed by atoms with Gasteiger partial charge in [-0.25, -0.2) is 0 Å². The van der Waals surface area contributed by atoms with E-state index < -0.39 is 21.8 Å². The number of anilines is 1. The second-order valence-electron chi connectivity index (χ2n) is 3.18. The van der Waals surface area contributed by atoms with Crippen LogP contribution in [0.2, 0.25) is 0 Å². The number of hydrogen-bond donors (Lipinski definition) is 1. The summed E-state index contributed by atoms with van der Waals surface area (Å²) in [5, 5.41) is 0. The van der Waals surface area contributed by atoms with Gasteiger partial charge in [0.2, 0.25) is 0 Å². The SMILES string of the molecule is C=CC(C)=N[I-]Nc1ccc(OC)c(OC)c1. The van der Waals surface area contributed by atoms with E-state index >= 15 is 0 Å². The van der Waals surface area contributed by atoms with E-state index in [1.807, 2.05) is 25.1 Å². The van der Waals surface area contributed by atoms with E-state index in [9.17, 15) is 0 Å². The Bertz CT molecular complexity index is 419. The molecule has 0 aliphatic rings. The van der Waals surface area contributed by atoms with Crippen LogP contribution in [0.15, 0.2) is 34.1 Å². The molecule has 0 fully saturated rings. The van der Waals surface area contributed by atoms with Gasteiger partial charge < -0.3 is 0 Å². The molecule has 5 heteroatoms. The van der Waals surface area contributed by atoms with Gasteiger partial charge in [-0.3, -0.25) is 0 Å². The molecule has 0 amide bonds. The molecule has 0 saturated carbocycles. The number of rotatable bonds is 6. The summed E-state index contributed by atoms with van der Waals surface area (Å²) in [4.78, 5) is 0. The van der Waals surface area contributed by atoms with Crippen LogP contribution >= 0.6 is 0 Å². The molecule has 1 N–H and O–H groups in total. The van der Waals surface area contributed by atoms with E-state index in [0.29, 0.717) is 5.75 Å². The minimum absolute atomic E-state index is 0.463. The summed E-state index contributed by atoms with van der Waals surface area (Å²) in [5.41, 5.74) is 1.93. The van der Waals surface area contributed by atoms with E-state index in [0.717, 1.165) is 17.1 Å². The minimum atomic E-state index is -0.463. The third kappa shape index (κ3) is 4.26. The number of ether oxygens (including phenoxy) is 2. The molecule has 0 aliphatic heterocycles. The van der Waals surface area contributed by atoms with Crippen molar-refractivity contribution < 1.29 is 31.2 Å². The summed E-state index contributed by atoms with van der Waals surface area (Å²) in [7, 11) is 3.24. The summed E-state index contributed by atoms with van der Waals surface area (Å²) in [6, 6.07) is 5.71. The number of allylic oxidation sites excluding steroid dienone is 1. The van der Waals surface area contributed by atoms with Gasteiger partial charge in [0.05, 0.1) is 0 Å². The molecule has 1 rings (SSSR count). The molecular weight excluding hydrogens is 331 g/mol. The summed E-state index contributed by atoms with van der Waals surface area (Å²) < 4.78 is 18.0. The predicted molar refractivity (Wildman–Crippen MR) is 66.5 cm³/mol. The molecule has 0 aliphatic carbocycles. The number of nitrogens with zero attached hydrogens (tertiary/aromatic N) is 1. The quantitative estimate of drug-likeness (QED) is 0.436. The van der Waals surface area contributed by atoms with Gasteiger partial charge >= 0.3 is 113 Å². The first-order valence-corrected chi connectivity index (χ1v) is 7.03. The fourth-order valence-corrected chi connectivity index (χ4v) is 2.38. The number of halogens is 1. The van der Waals surface area contributed by atoms with E-state index in [1.165, 1.54) is 0 Å². The zero-order chi connectivity index (χ0) is 12.7. The summed E-state index contributed by atoms with van der Waals surface area (Å²) >= 11 is -0.463. The van der Waals surface area contributed by atoms with E-state index in [1.54, 1.807) is 20.3 Å². The first-order valence-electron chi connectivity index (χ1n) is 4.99. The Hall–Kier alpha value is -1.24. The van der Waals surface area contributed by atoms with Crippen LogP contribution in [-0.4, -0.2) is 19.9 Å². The topological polar surface area (TPSA) is 42.9 Å². The van der Waals surface area contributed by atoms with Crippen LogP contribution < -0.4 is 34.8 Å². The van der Waals surface area contributed by atoms with Crippen LogP contribution in [0.25, 0.3) is 0 Å². The molecule has 4 nitrogen and oxygen atoms in total. The van der Waals surface area contributed by atoms with Crippen molar-refractivity contribution in [3.05, 3.63) is 30.9 Å². The maximum absolute atomic E-state index is 5.22. The van der Waals surface area contributed by atoms with Crippen LogP contribution in [0, 0.1) is 0 Å². The fourth-order valence-electron chi connectivity index (χ4n) is 1.07. The fraction of sp³-hybridized carbons (Fsp3) is 0.250. The first-order chi connectivity index (χ1) is 8.21. The molecule has 0 unspecified atom stereocenters. The molecule has 0 atom stereocenters. The Morgan fingerprint density at radius 2 is 2.06 bits per heavy atom. The van der Waals surface area contributed by atoms with Crippen molar-refractivity contribution >= 4 is 11.4 Å². The van der Waals surface area contributed by atoms with Gasteiger partial charge in [-0.05, 0) is 0 Å². The van der Waals surface area contributed by atoms with E-state index in [2.05, 4.69) is 13.3 Å². The molecule has 17 heavy (non-hydrogen) atoms. The Morgan fingerprint density at radius 3 is 2.65 bits per heavy atom. The van der Waals surface area contributed by atoms with Crippen LogP contribution in [-0.2, 0) is 0 Å². The Balaban J connectivity index is 2.69. The van der Waals surface area contributed by atoms with Crippen molar-refractivity contribution in [2.24, 2.45) is 3.21 Å². The van der Waals surface area contributed by atoms with E-state index in [4.69, 9.17) is 9.47 Å². The molecule has 0 heterocycles. The zero-order valence-electron chi connectivity index (χ0n) is 10.2. The Kier molecular flexibility index (Phi) is 5.82. The Labute approximate surface area is 113 Å². The van der Waals surface area contributed by atoms with Crippen molar-refractivity contribution in [3.63, 3.8) is 0 Å². The number of methoxy groups -OCH3 is 2. The van der Waals surface area contributed by atoms with Crippen molar-refractivity contribution in [3.8, 4) is 11.5 Å².